The molecule has 1 N–H and O–H groups in total. The highest BCUT2D eigenvalue weighted by molar-refractivity contribution is 8.00. The number of hydrogen-bond acceptors (Lipinski definition) is 4. The molecule has 1 atom stereocenters. The van der Waals surface area contributed by atoms with Gasteiger partial charge in [-0.2, -0.15) is 0 Å². The Hall–Kier alpha value is -4.03. The molecule has 4 aromatic rings. The van der Waals surface area contributed by atoms with Crippen molar-refractivity contribution in [3.63, 3.8) is 0 Å². The van der Waals surface area contributed by atoms with Gasteiger partial charge in [-0.1, -0.05) is 54.6 Å². The van der Waals surface area contributed by atoms with Gasteiger partial charge in [0.15, 0.2) is 0 Å². The van der Waals surface area contributed by atoms with Crippen molar-refractivity contribution >= 4 is 35.0 Å². The number of nitrogens with one attached hydrogen (secondary N) is 1. The second-order valence-corrected chi connectivity index (χ2v) is 9.45. The molecule has 5 rings (SSSR count). The normalized spacial score (nSPS) is 15.1. The Morgan fingerprint density at radius 2 is 1.64 bits per heavy atom. The third-order valence-corrected chi connectivity index (χ3v) is 7.19. The smallest absolute Gasteiger partial charge is 0.255 e. The van der Waals surface area contributed by atoms with Crippen LogP contribution in [0.15, 0.2) is 103 Å². The van der Waals surface area contributed by atoms with Crippen LogP contribution in [0.4, 0.5) is 11.4 Å². The standard InChI is InChI=1S/C30H26N2O3S/c1-2-35-27-17-15-26(16-18-27)32-28(33)20-36-30(32)24-9-6-10-25(19-24)31-29(34)23-13-11-22(12-14-23)21-7-4-3-5-8-21/h3-19,30H,2,20H2,1H3,(H,31,34). The number of nitrogens with zero attached hydrogens (tertiary/aromatic N) is 1. The van der Waals surface area contributed by atoms with Crippen LogP contribution < -0.4 is 15.0 Å². The van der Waals surface area contributed by atoms with Gasteiger partial charge in [0.2, 0.25) is 5.91 Å². The Kier molecular flexibility index (Phi) is 7.05. The van der Waals surface area contributed by atoms with Crippen LogP contribution in [0.5, 0.6) is 5.75 Å². The van der Waals surface area contributed by atoms with Gasteiger partial charge in [0, 0.05) is 16.9 Å². The first-order chi connectivity index (χ1) is 17.6. The molecule has 1 heterocycles. The molecule has 0 saturated carbocycles. The quantitative estimate of drug-likeness (QED) is 0.308. The number of ether oxygens (including phenoxy) is 1. The lowest BCUT2D eigenvalue weighted by Gasteiger charge is -2.25. The lowest BCUT2D eigenvalue weighted by atomic mass is 10.0. The summed E-state index contributed by atoms with van der Waals surface area (Å²) < 4.78 is 5.53. The Bertz CT molecular complexity index is 1360. The van der Waals surface area contributed by atoms with E-state index in [0.717, 1.165) is 28.1 Å². The van der Waals surface area contributed by atoms with Gasteiger partial charge < -0.3 is 10.1 Å². The molecule has 4 aromatic carbocycles. The van der Waals surface area contributed by atoms with E-state index < -0.39 is 0 Å². The first-order valence-corrected chi connectivity index (χ1v) is 12.9. The third kappa shape index (κ3) is 5.14. The van der Waals surface area contributed by atoms with Crippen molar-refractivity contribution < 1.29 is 14.3 Å². The molecule has 0 spiro atoms. The van der Waals surface area contributed by atoms with Gasteiger partial charge in [-0.3, -0.25) is 14.5 Å². The highest BCUT2D eigenvalue weighted by atomic mass is 32.2. The molecule has 36 heavy (non-hydrogen) atoms. The molecule has 1 aliphatic rings. The summed E-state index contributed by atoms with van der Waals surface area (Å²) in [5.41, 5.74) is 5.23. The fourth-order valence-electron chi connectivity index (χ4n) is 4.24. The van der Waals surface area contributed by atoms with Crippen LogP contribution in [0.2, 0.25) is 0 Å². The van der Waals surface area contributed by atoms with Crippen molar-refractivity contribution in [2.75, 3.05) is 22.6 Å². The fraction of sp³-hybridized carbons (Fsp3) is 0.133. The molecule has 1 saturated heterocycles. The molecule has 0 bridgehead atoms. The van der Waals surface area contributed by atoms with Gasteiger partial charge >= 0.3 is 0 Å². The summed E-state index contributed by atoms with van der Waals surface area (Å²) in [5.74, 6) is 1.06. The average Bonchev–Trinajstić information content (AvgIpc) is 3.31. The zero-order valence-electron chi connectivity index (χ0n) is 19.9. The predicted molar refractivity (Wildman–Crippen MR) is 147 cm³/mol. The second kappa shape index (κ2) is 10.7. The number of anilines is 2. The van der Waals surface area contributed by atoms with Crippen molar-refractivity contribution in [1.82, 2.24) is 0 Å². The fourth-order valence-corrected chi connectivity index (χ4v) is 5.40. The molecule has 6 heteroatoms. The number of rotatable bonds is 7. The minimum Gasteiger partial charge on any atom is -0.494 e. The van der Waals surface area contributed by atoms with E-state index >= 15 is 0 Å². The maximum Gasteiger partial charge on any atom is 0.255 e. The SMILES string of the molecule is CCOc1ccc(N2C(=O)CSC2c2cccc(NC(=O)c3ccc(-c4ccccc4)cc3)c2)cc1. The molecule has 1 unspecified atom stereocenters. The molecule has 0 radical (unpaired) electrons. The molecule has 0 aromatic heterocycles. The van der Waals surface area contributed by atoms with Crippen LogP contribution in [-0.2, 0) is 4.79 Å². The van der Waals surface area contributed by atoms with Gasteiger partial charge in [-0.25, -0.2) is 0 Å². The molecular weight excluding hydrogens is 468 g/mol. The summed E-state index contributed by atoms with van der Waals surface area (Å²) in [5, 5.41) is 2.83. The third-order valence-electron chi connectivity index (χ3n) is 5.98. The molecule has 2 amide bonds. The van der Waals surface area contributed by atoms with E-state index in [9.17, 15) is 9.59 Å². The number of benzene rings is 4. The number of hydrogen-bond donors (Lipinski definition) is 1. The first-order valence-electron chi connectivity index (χ1n) is 11.9. The van der Waals surface area contributed by atoms with Gasteiger partial charge in [0.05, 0.1) is 12.4 Å². The summed E-state index contributed by atoms with van der Waals surface area (Å²) in [6.45, 7) is 2.53. The number of carbonyl (C=O) groups excluding carboxylic acids is 2. The van der Waals surface area contributed by atoms with Gasteiger partial charge in [0.25, 0.3) is 5.91 Å². The van der Waals surface area contributed by atoms with Crippen LogP contribution in [0.3, 0.4) is 0 Å². The zero-order valence-corrected chi connectivity index (χ0v) is 20.7. The van der Waals surface area contributed by atoms with Gasteiger partial charge in [0.1, 0.15) is 11.1 Å². The van der Waals surface area contributed by atoms with Gasteiger partial charge in [-0.15, -0.1) is 11.8 Å². The van der Waals surface area contributed by atoms with Crippen LogP contribution >= 0.6 is 11.8 Å². The highest BCUT2D eigenvalue weighted by Crippen LogP contribution is 2.42. The lowest BCUT2D eigenvalue weighted by molar-refractivity contribution is -0.115. The Balaban J connectivity index is 1.32. The first kappa shape index (κ1) is 23.7. The van der Waals surface area contributed by atoms with Crippen molar-refractivity contribution in [1.29, 1.82) is 0 Å². The maximum absolute atomic E-state index is 12.9. The zero-order chi connectivity index (χ0) is 24.9. The van der Waals surface area contributed by atoms with Crippen molar-refractivity contribution in [2.24, 2.45) is 0 Å². The second-order valence-electron chi connectivity index (χ2n) is 8.38. The summed E-state index contributed by atoms with van der Waals surface area (Å²) in [4.78, 5) is 27.5. The molecule has 180 valence electrons. The highest BCUT2D eigenvalue weighted by Gasteiger charge is 2.34. The van der Waals surface area contributed by atoms with E-state index in [-0.39, 0.29) is 17.2 Å². The van der Waals surface area contributed by atoms with E-state index in [1.54, 1.807) is 11.8 Å². The molecule has 5 nitrogen and oxygen atoms in total. The number of carbonyl (C=O) groups is 2. The molecule has 0 aliphatic carbocycles. The van der Waals surface area contributed by atoms with E-state index in [0.29, 0.717) is 23.6 Å². The molecular formula is C30H26N2O3S. The van der Waals surface area contributed by atoms with Crippen LogP contribution in [-0.4, -0.2) is 24.2 Å². The van der Waals surface area contributed by atoms with E-state index in [1.807, 2.05) is 115 Å². The van der Waals surface area contributed by atoms with Gasteiger partial charge in [-0.05, 0) is 72.1 Å². The average molecular weight is 495 g/mol. The Morgan fingerprint density at radius 3 is 2.36 bits per heavy atom. The lowest BCUT2D eigenvalue weighted by Crippen LogP contribution is -2.27. The minimum atomic E-state index is -0.176. The molecule has 1 aliphatic heterocycles. The van der Waals surface area contributed by atoms with E-state index in [1.165, 1.54) is 0 Å². The number of amides is 2. The Labute approximate surface area is 215 Å². The van der Waals surface area contributed by atoms with Crippen LogP contribution in [0, 0.1) is 0 Å². The predicted octanol–water partition coefficient (Wildman–Crippen LogP) is 6.78. The monoisotopic (exact) mass is 494 g/mol. The van der Waals surface area contributed by atoms with Crippen molar-refractivity contribution in [3.8, 4) is 16.9 Å². The van der Waals surface area contributed by atoms with Crippen molar-refractivity contribution in [2.45, 2.75) is 12.3 Å². The summed E-state index contributed by atoms with van der Waals surface area (Å²) in [6.07, 6.45) is 0. The minimum absolute atomic E-state index is 0.0575. The molecule has 1 fully saturated rings. The summed E-state index contributed by atoms with van der Waals surface area (Å²) >= 11 is 1.58. The van der Waals surface area contributed by atoms with E-state index in [2.05, 4.69) is 5.32 Å². The van der Waals surface area contributed by atoms with Crippen LogP contribution in [0.25, 0.3) is 11.1 Å². The largest absolute Gasteiger partial charge is 0.494 e. The summed E-state index contributed by atoms with van der Waals surface area (Å²) in [7, 11) is 0. The van der Waals surface area contributed by atoms with Crippen LogP contribution in [0.1, 0.15) is 28.2 Å². The number of thioether (sulfide) groups is 1. The summed E-state index contributed by atoms with van der Waals surface area (Å²) in [6, 6.07) is 32.9. The Morgan fingerprint density at radius 1 is 0.917 bits per heavy atom. The van der Waals surface area contributed by atoms with Crippen molar-refractivity contribution in [3.05, 3.63) is 114 Å². The topological polar surface area (TPSA) is 58.6 Å². The maximum atomic E-state index is 12.9. The van der Waals surface area contributed by atoms with E-state index in [4.69, 9.17) is 4.74 Å².